The van der Waals surface area contributed by atoms with Crippen LogP contribution in [-0.4, -0.2) is 20.1 Å². The predicted molar refractivity (Wildman–Crippen MR) is 131 cm³/mol. The van der Waals surface area contributed by atoms with Crippen LogP contribution in [0.15, 0.2) is 71.0 Å². The number of thiophene rings is 1. The number of methoxy groups -OCH3 is 1. The summed E-state index contributed by atoms with van der Waals surface area (Å²) in [5.41, 5.74) is 2.21. The van der Waals surface area contributed by atoms with E-state index in [-0.39, 0.29) is 24.0 Å². The van der Waals surface area contributed by atoms with E-state index in [2.05, 4.69) is 27.1 Å². The van der Waals surface area contributed by atoms with Gasteiger partial charge in [-0.05, 0) is 34.7 Å². The molecule has 0 amide bonds. The van der Waals surface area contributed by atoms with Crippen molar-refractivity contribution in [2.24, 2.45) is 4.99 Å². The maximum Gasteiger partial charge on any atom is 0.191 e. The average molecular weight is 523 g/mol. The van der Waals surface area contributed by atoms with Crippen LogP contribution in [0.25, 0.3) is 0 Å². The molecule has 0 atom stereocenters. The Morgan fingerprint density at radius 2 is 1.72 bits per heavy atom. The van der Waals surface area contributed by atoms with E-state index in [4.69, 9.17) is 9.47 Å². The summed E-state index contributed by atoms with van der Waals surface area (Å²) in [6.07, 6.45) is 0. The van der Waals surface area contributed by atoms with Crippen molar-refractivity contribution in [2.75, 3.05) is 14.2 Å². The topological polar surface area (TPSA) is 54.9 Å². The minimum absolute atomic E-state index is 0. The molecule has 0 unspecified atom stereocenters. The molecular weight excluding hydrogens is 497 g/mol. The number of benzene rings is 2. The predicted octanol–water partition coefficient (Wildman–Crippen LogP) is 4.82. The number of hydrogen-bond acceptors (Lipinski definition) is 4. The number of rotatable bonds is 8. The van der Waals surface area contributed by atoms with Crippen molar-refractivity contribution in [1.82, 2.24) is 10.6 Å². The highest BCUT2D eigenvalue weighted by molar-refractivity contribution is 14.0. The second-order valence-corrected chi connectivity index (χ2v) is 7.15. The van der Waals surface area contributed by atoms with E-state index in [0.29, 0.717) is 13.2 Å². The van der Waals surface area contributed by atoms with E-state index >= 15 is 0 Å². The highest BCUT2D eigenvalue weighted by Crippen LogP contribution is 2.28. The van der Waals surface area contributed by atoms with Gasteiger partial charge in [-0.15, -0.1) is 35.3 Å². The molecule has 0 aliphatic rings. The Labute approximate surface area is 193 Å². The molecule has 3 rings (SSSR count). The summed E-state index contributed by atoms with van der Waals surface area (Å²) in [5.74, 6) is 2.21. The summed E-state index contributed by atoms with van der Waals surface area (Å²) >= 11 is 1.72. The Kier molecular flexibility index (Phi) is 9.79. The number of ether oxygens (including phenoxy) is 2. The molecule has 0 saturated carbocycles. The first-order valence-corrected chi connectivity index (χ1v) is 9.97. The van der Waals surface area contributed by atoms with Crippen LogP contribution in [0.4, 0.5) is 0 Å². The lowest BCUT2D eigenvalue weighted by molar-refractivity contribution is 0.284. The fourth-order valence-electron chi connectivity index (χ4n) is 2.67. The van der Waals surface area contributed by atoms with Crippen molar-refractivity contribution in [1.29, 1.82) is 0 Å². The van der Waals surface area contributed by atoms with Crippen molar-refractivity contribution in [3.8, 4) is 11.5 Å². The van der Waals surface area contributed by atoms with Gasteiger partial charge in [0.05, 0.1) is 13.7 Å². The zero-order valence-corrected chi connectivity index (χ0v) is 19.7. The summed E-state index contributed by atoms with van der Waals surface area (Å²) < 4.78 is 11.4. The molecule has 2 N–H and O–H groups in total. The van der Waals surface area contributed by atoms with Crippen LogP contribution in [0.5, 0.6) is 11.5 Å². The van der Waals surface area contributed by atoms with Crippen molar-refractivity contribution in [3.05, 3.63) is 82.0 Å². The molecule has 1 heterocycles. The maximum atomic E-state index is 5.92. The smallest absolute Gasteiger partial charge is 0.191 e. The zero-order valence-electron chi connectivity index (χ0n) is 16.6. The number of guanidine groups is 1. The molecule has 0 aliphatic carbocycles. The molecule has 0 aliphatic heterocycles. The third kappa shape index (κ3) is 7.25. The molecule has 2 aromatic carbocycles. The monoisotopic (exact) mass is 523 g/mol. The van der Waals surface area contributed by atoms with Crippen molar-refractivity contribution >= 4 is 41.3 Å². The van der Waals surface area contributed by atoms with E-state index in [1.807, 2.05) is 54.6 Å². The fraction of sp³-hybridized carbons (Fsp3) is 0.227. The van der Waals surface area contributed by atoms with Crippen LogP contribution in [-0.2, 0) is 19.7 Å². The summed E-state index contributed by atoms with van der Waals surface area (Å²) in [5, 5.41) is 8.71. The summed E-state index contributed by atoms with van der Waals surface area (Å²) in [4.78, 5) is 5.54. The Bertz CT molecular complexity index is 886. The van der Waals surface area contributed by atoms with Gasteiger partial charge in [0.15, 0.2) is 17.5 Å². The highest BCUT2D eigenvalue weighted by Gasteiger charge is 2.07. The standard InChI is InChI=1S/C22H25N3O2S.HI/c1-23-22(25-15-19-9-6-12-28-19)24-14-18-10-11-20(21(13-18)26-2)27-16-17-7-4-3-5-8-17;/h3-13H,14-16H2,1-2H3,(H2,23,24,25);1H. The van der Waals surface area contributed by atoms with Gasteiger partial charge in [-0.1, -0.05) is 42.5 Å². The Balaban J connectivity index is 0.00000300. The average Bonchev–Trinajstić information content (AvgIpc) is 3.27. The van der Waals surface area contributed by atoms with Crippen LogP contribution in [0.1, 0.15) is 16.0 Å². The van der Waals surface area contributed by atoms with Crippen LogP contribution in [0.3, 0.4) is 0 Å². The quantitative estimate of drug-likeness (QED) is 0.253. The fourth-order valence-corrected chi connectivity index (χ4v) is 3.31. The van der Waals surface area contributed by atoms with Crippen LogP contribution in [0, 0.1) is 0 Å². The molecule has 1 aromatic heterocycles. The molecule has 5 nitrogen and oxygen atoms in total. The molecule has 7 heteroatoms. The second kappa shape index (κ2) is 12.3. The lowest BCUT2D eigenvalue weighted by atomic mass is 10.2. The first-order valence-electron chi connectivity index (χ1n) is 9.09. The molecule has 154 valence electrons. The zero-order chi connectivity index (χ0) is 19.6. The molecule has 3 aromatic rings. The first kappa shape index (κ1) is 23.0. The molecule has 0 fully saturated rings. The number of nitrogens with one attached hydrogen (secondary N) is 2. The van der Waals surface area contributed by atoms with Crippen molar-refractivity contribution in [2.45, 2.75) is 19.7 Å². The molecule has 29 heavy (non-hydrogen) atoms. The lowest BCUT2D eigenvalue weighted by Gasteiger charge is -2.14. The Morgan fingerprint density at radius 3 is 2.41 bits per heavy atom. The maximum absolute atomic E-state index is 5.92. The highest BCUT2D eigenvalue weighted by atomic mass is 127. The largest absolute Gasteiger partial charge is 0.493 e. The normalized spacial score (nSPS) is 10.8. The second-order valence-electron chi connectivity index (χ2n) is 6.12. The van der Waals surface area contributed by atoms with Gasteiger partial charge in [0, 0.05) is 18.5 Å². The number of nitrogens with zero attached hydrogens (tertiary/aromatic N) is 1. The minimum Gasteiger partial charge on any atom is -0.493 e. The van der Waals surface area contributed by atoms with Gasteiger partial charge in [0.1, 0.15) is 6.61 Å². The SMILES string of the molecule is CN=C(NCc1ccc(OCc2ccccc2)c(OC)c1)NCc1cccs1.I. The Morgan fingerprint density at radius 1 is 0.931 bits per heavy atom. The summed E-state index contributed by atoms with van der Waals surface area (Å²) in [6, 6.07) is 20.2. The molecule has 0 saturated heterocycles. The van der Waals surface area contributed by atoms with Crippen molar-refractivity contribution < 1.29 is 9.47 Å². The van der Waals surface area contributed by atoms with Crippen molar-refractivity contribution in [3.63, 3.8) is 0 Å². The third-order valence-electron chi connectivity index (χ3n) is 4.16. The molecule has 0 bridgehead atoms. The van der Waals surface area contributed by atoms with Crippen LogP contribution in [0.2, 0.25) is 0 Å². The van der Waals surface area contributed by atoms with Gasteiger partial charge in [-0.3, -0.25) is 4.99 Å². The summed E-state index contributed by atoms with van der Waals surface area (Å²) in [6.45, 7) is 1.90. The van der Waals surface area contributed by atoms with Gasteiger partial charge < -0.3 is 20.1 Å². The number of halogens is 1. The van der Waals surface area contributed by atoms with Gasteiger partial charge in [0.2, 0.25) is 0 Å². The molecular formula is C22H26IN3O2S. The minimum atomic E-state index is 0. The molecule has 0 spiro atoms. The van der Waals surface area contributed by atoms with Gasteiger partial charge >= 0.3 is 0 Å². The summed E-state index contributed by atoms with van der Waals surface area (Å²) in [7, 11) is 3.42. The van der Waals surface area contributed by atoms with E-state index < -0.39 is 0 Å². The van der Waals surface area contributed by atoms with Crippen LogP contribution >= 0.6 is 35.3 Å². The van der Waals surface area contributed by atoms with E-state index in [1.165, 1.54) is 4.88 Å². The Hall–Kier alpha value is -2.26. The van der Waals surface area contributed by atoms with E-state index in [0.717, 1.165) is 35.1 Å². The first-order chi connectivity index (χ1) is 13.8. The number of hydrogen-bond donors (Lipinski definition) is 2. The van der Waals surface area contributed by atoms with E-state index in [9.17, 15) is 0 Å². The molecule has 0 radical (unpaired) electrons. The third-order valence-corrected chi connectivity index (χ3v) is 5.04. The number of aliphatic imine (C=N–C) groups is 1. The lowest BCUT2D eigenvalue weighted by Crippen LogP contribution is -2.36. The van der Waals surface area contributed by atoms with Crippen LogP contribution < -0.4 is 20.1 Å². The van der Waals surface area contributed by atoms with Gasteiger partial charge in [-0.2, -0.15) is 0 Å². The van der Waals surface area contributed by atoms with Gasteiger partial charge in [0.25, 0.3) is 0 Å². The van der Waals surface area contributed by atoms with E-state index in [1.54, 1.807) is 25.5 Å². The van der Waals surface area contributed by atoms with Gasteiger partial charge in [-0.25, -0.2) is 0 Å².